The maximum absolute atomic E-state index is 12.2. The van der Waals surface area contributed by atoms with Crippen LogP contribution in [-0.2, 0) is 19.9 Å². The number of hydrogen-bond donors (Lipinski definition) is 2. The number of nitrogens with one attached hydrogen (secondary N) is 2. The lowest BCUT2D eigenvalue weighted by Crippen LogP contribution is -2.37. The highest BCUT2D eigenvalue weighted by Crippen LogP contribution is 2.48. The third-order valence-corrected chi connectivity index (χ3v) is 8.12. The molecule has 10 heteroatoms. The predicted octanol–water partition coefficient (Wildman–Crippen LogP) is 5.82. The zero-order valence-electron chi connectivity index (χ0n) is 21.4. The van der Waals surface area contributed by atoms with Gasteiger partial charge in [0, 0.05) is 47.4 Å². The van der Waals surface area contributed by atoms with Crippen molar-refractivity contribution in [2.75, 3.05) is 39.9 Å². The number of amides is 1. The molecule has 0 unspecified atom stereocenters. The van der Waals surface area contributed by atoms with E-state index in [1.807, 2.05) is 50.3 Å². The van der Waals surface area contributed by atoms with Crippen molar-refractivity contribution in [1.82, 2.24) is 19.9 Å². The molecular weight excluding hydrogens is 510 g/mol. The van der Waals surface area contributed by atoms with E-state index in [2.05, 4.69) is 21.4 Å². The van der Waals surface area contributed by atoms with Crippen LogP contribution in [0.4, 0.5) is 5.69 Å². The summed E-state index contributed by atoms with van der Waals surface area (Å²) in [5.41, 5.74) is 5.04. The maximum atomic E-state index is 12.2. The number of thiazole rings is 1. The van der Waals surface area contributed by atoms with Gasteiger partial charge in [-0.3, -0.25) is 4.79 Å². The number of fused-ring (bicyclic) bond motifs is 1. The van der Waals surface area contributed by atoms with Gasteiger partial charge in [0.1, 0.15) is 23.0 Å². The third kappa shape index (κ3) is 5.15. The van der Waals surface area contributed by atoms with Gasteiger partial charge in [-0.15, -0.1) is 11.3 Å². The first kappa shape index (κ1) is 25.8. The van der Waals surface area contributed by atoms with E-state index in [9.17, 15) is 4.79 Å². The fourth-order valence-electron chi connectivity index (χ4n) is 4.67. The Bertz CT molecular complexity index is 1440. The molecule has 4 aromatic rings. The second-order valence-corrected chi connectivity index (χ2v) is 11.1. The van der Waals surface area contributed by atoms with Crippen molar-refractivity contribution in [3.63, 3.8) is 0 Å². The topological polar surface area (TPSA) is 92.4 Å². The molecule has 1 amide bonds. The van der Waals surface area contributed by atoms with Crippen LogP contribution in [0.25, 0.3) is 32.7 Å². The van der Waals surface area contributed by atoms with Crippen molar-refractivity contribution in [3.8, 4) is 21.7 Å². The summed E-state index contributed by atoms with van der Waals surface area (Å²) < 4.78 is 11.2. The van der Waals surface area contributed by atoms with Crippen molar-refractivity contribution in [3.05, 3.63) is 52.3 Å². The molecule has 8 nitrogen and oxygen atoms in total. The number of carbonyl (C=O) groups excluding carboxylic acids is 1. The molecule has 37 heavy (non-hydrogen) atoms. The normalized spacial score (nSPS) is 14.8. The number of aryl methyl sites for hydroxylation is 1. The van der Waals surface area contributed by atoms with Crippen LogP contribution >= 0.6 is 22.9 Å². The van der Waals surface area contributed by atoms with E-state index in [1.54, 1.807) is 24.6 Å². The molecule has 0 spiro atoms. The number of H-pyrrole nitrogens is 1. The summed E-state index contributed by atoms with van der Waals surface area (Å²) >= 11 is 8.30. The molecule has 3 heterocycles. The van der Waals surface area contributed by atoms with E-state index in [0.717, 1.165) is 68.3 Å². The van der Waals surface area contributed by atoms with Crippen LogP contribution in [0.15, 0.2) is 36.7 Å². The Morgan fingerprint density at radius 2 is 2.05 bits per heavy atom. The molecule has 0 saturated heterocycles. The van der Waals surface area contributed by atoms with Crippen molar-refractivity contribution < 1.29 is 14.3 Å². The molecule has 0 radical (unpaired) electrons. The van der Waals surface area contributed by atoms with Crippen molar-refractivity contribution in [2.24, 2.45) is 0 Å². The number of carbonyl (C=O) groups is 1. The molecule has 3 aromatic heterocycles. The Kier molecular flexibility index (Phi) is 7.33. The average Bonchev–Trinajstić information content (AvgIpc) is 3.46. The van der Waals surface area contributed by atoms with E-state index < -0.39 is 0 Å². The van der Waals surface area contributed by atoms with Gasteiger partial charge >= 0.3 is 0 Å². The third-order valence-electron chi connectivity index (χ3n) is 6.63. The van der Waals surface area contributed by atoms with Crippen LogP contribution in [0.3, 0.4) is 0 Å². The van der Waals surface area contributed by atoms with Crippen molar-refractivity contribution in [1.29, 1.82) is 0 Å². The SMILES string of the molecule is COCOC1(c2ncc(-c3c(Cl)cnc4[nH]c(-c5ccc(NC(=O)CN(C)C)cc5C)cc34)s2)CCC1. The Labute approximate surface area is 225 Å². The molecule has 2 N–H and O–H groups in total. The van der Waals surface area contributed by atoms with E-state index >= 15 is 0 Å². The molecular formula is C27H30ClN5O3S. The van der Waals surface area contributed by atoms with Gasteiger partial charge in [-0.2, -0.15) is 0 Å². The average molecular weight is 540 g/mol. The first-order valence-electron chi connectivity index (χ1n) is 12.1. The lowest BCUT2D eigenvalue weighted by Gasteiger charge is -2.39. The Hall–Kier alpha value is -2.82. The van der Waals surface area contributed by atoms with Gasteiger partial charge in [0.15, 0.2) is 0 Å². The van der Waals surface area contributed by atoms with Gasteiger partial charge < -0.3 is 24.7 Å². The smallest absolute Gasteiger partial charge is 0.238 e. The molecule has 1 aliphatic rings. The van der Waals surface area contributed by atoms with Crippen LogP contribution in [-0.4, -0.2) is 60.3 Å². The van der Waals surface area contributed by atoms with Crippen LogP contribution in [0, 0.1) is 6.92 Å². The number of methoxy groups -OCH3 is 1. The van der Waals surface area contributed by atoms with Crippen LogP contribution < -0.4 is 5.32 Å². The van der Waals surface area contributed by atoms with Gasteiger partial charge in [-0.1, -0.05) is 17.7 Å². The lowest BCUT2D eigenvalue weighted by molar-refractivity contribution is -0.171. The zero-order chi connectivity index (χ0) is 26.2. The fourth-order valence-corrected chi connectivity index (χ4v) is 6.17. The highest BCUT2D eigenvalue weighted by atomic mass is 35.5. The first-order chi connectivity index (χ1) is 17.8. The van der Waals surface area contributed by atoms with Crippen LogP contribution in [0.2, 0.25) is 5.02 Å². The fraction of sp³-hybridized carbons (Fsp3) is 0.370. The van der Waals surface area contributed by atoms with Crippen molar-refractivity contribution >= 4 is 45.6 Å². The number of ether oxygens (including phenoxy) is 2. The molecule has 0 atom stereocenters. The summed E-state index contributed by atoms with van der Waals surface area (Å²) in [5, 5.41) is 5.40. The molecule has 1 saturated carbocycles. The number of aromatic amines is 1. The zero-order valence-corrected chi connectivity index (χ0v) is 22.9. The number of aromatic nitrogens is 3. The molecule has 194 valence electrons. The van der Waals surface area contributed by atoms with Gasteiger partial charge in [-0.25, -0.2) is 9.97 Å². The summed E-state index contributed by atoms with van der Waals surface area (Å²) in [6, 6.07) is 7.97. The molecule has 0 bridgehead atoms. The van der Waals surface area contributed by atoms with Crippen molar-refractivity contribution in [2.45, 2.75) is 31.8 Å². The summed E-state index contributed by atoms with van der Waals surface area (Å²) in [6.45, 7) is 2.60. The van der Waals surface area contributed by atoms with E-state index in [1.165, 1.54) is 0 Å². The summed E-state index contributed by atoms with van der Waals surface area (Å²) in [6.07, 6.45) is 6.52. The molecule has 1 aliphatic carbocycles. The number of halogens is 1. The van der Waals surface area contributed by atoms with Gasteiger partial charge in [0.2, 0.25) is 5.91 Å². The minimum absolute atomic E-state index is 0.0496. The summed E-state index contributed by atoms with van der Waals surface area (Å²) in [5.74, 6) is -0.0496. The minimum Gasteiger partial charge on any atom is -0.359 e. The molecule has 1 fully saturated rings. The largest absolute Gasteiger partial charge is 0.359 e. The number of likely N-dealkylation sites (N-methyl/N-ethyl adjacent to an activating group) is 1. The number of benzene rings is 1. The van der Waals surface area contributed by atoms with Crippen LogP contribution in [0.1, 0.15) is 29.8 Å². The highest BCUT2D eigenvalue weighted by molar-refractivity contribution is 7.15. The number of rotatable bonds is 9. The Morgan fingerprint density at radius 1 is 1.24 bits per heavy atom. The molecule has 5 rings (SSSR count). The minimum atomic E-state index is -0.373. The molecule has 1 aromatic carbocycles. The highest BCUT2D eigenvalue weighted by Gasteiger charge is 2.43. The quantitative estimate of drug-likeness (QED) is 0.261. The first-order valence-corrected chi connectivity index (χ1v) is 13.3. The predicted molar refractivity (Wildman–Crippen MR) is 148 cm³/mol. The van der Waals surface area contributed by atoms with Gasteiger partial charge in [-0.05, 0) is 64.0 Å². The number of pyridine rings is 1. The van der Waals surface area contributed by atoms with E-state index in [4.69, 9.17) is 26.1 Å². The number of anilines is 1. The monoisotopic (exact) mass is 539 g/mol. The van der Waals surface area contributed by atoms with Gasteiger partial charge in [0.25, 0.3) is 0 Å². The lowest BCUT2D eigenvalue weighted by atomic mass is 9.80. The number of hydrogen-bond acceptors (Lipinski definition) is 7. The Balaban J connectivity index is 1.47. The maximum Gasteiger partial charge on any atom is 0.238 e. The van der Waals surface area contributed by atoms with E-state index in [0.29, 0.717) is 11.6 Å². The Morgan fingerprint density at radius 3 is 2.73 bits per heavy atom. The van der Waals surface area contributed by atoms with Crippen LogP contribution in [0.5, 0.6) is 0 Å². The van der Waals surface area contributed by atoms with Gasteiger partial charge in [0.05, 0.1) is 16.4 Å². The summed E-state index contributed by atoms with van der Waals surface area (Å²) in [7, 11) is 5.37. The summed E-state index contributed by atoms with van der Waals surface area (Å²) in [4.78, 5) is 27.7. The second-order valence-electron chi connectivity index (χ2n) is 9.67. The second kappa shape index (κ2) is 10.5. The molecule has 0 aliphatic heterocycles. The number of nitrogens with zero attached hydrogens (tertiary/aromatic N) is 3. The standard InChI is InChI=1S/C27H30ClN5O3S/c1-16-10-17(31-23(34)14-33(2)3)6-7-18(16)21-11-19-24(20(28)12-29-25(19)32-21)22-13-30-26(37-22)27(8-5-9-27)36-15-35-4/h6-7,10-13H,5,8-9,14-15H2,1-4H3,(H,29,32)(H,31,34). The van der Waals surface area contributed by atoms with E-state index in [-0.39, 0.29) is 18.3 Å².